The summed E-state index contributed by atoms with van der Waals surface area (Å²) in [4.78, 5) is 27.8. The highest BCUT2D eigenvalue weighted by Crippen LogP contribution is 2.29. The zero-order chi connectivity index (χ0) is 16.4. The van der Waals surface area contributed by atoms with Crippen molar-refractivity contribution in [3.63, 3.8) is 0 Å². The minimum atomic E-state index is -0.887. The van der Waals surface area contributed by atoms with Gasteiger partial charge in [0.15, 0.2) is 5.13 Å². The fraction of sp³-hybridized carbons (Fsp3) is 0.400. The Balaban J connectivity index is 1.77. The van der Waals surface area contributed by atoms with Gasteiger partial charge in [-0.15, -0.1) is 0 Å². The summed E-state index contributed by atoms with van der Waals surface area (Å²) < 4.78 is 6.14. The molecule has 0 aliphatic carbocycles. The summed E-state index contributed by atoms with van der Waals surface area (Å²) in [5.74, 6) is -0.367. The molecule has 0 atom stereocenters. The Morgan fingerprint density at radius 1 is 1.30 bits per heavy atom. The number of rotatable bonds is 3. The van der Waals surface area contributed by atoms with E-state index in [4.69, 9.17) is 10.5 Å². The average Bonchev–Trinajstić information content (AvgIpc) is 2.88. The predicted octanol–water partition coefficient (Wildman–Crippen LogP) is 1.70. The van der Waals surface area contributed by atoms with E-state index < -0.39 is 5.54 Å². The number of ether oxygens (including phenoxy) is 1. The van der Waals surface area contributed by atoms with E-state index in [0.717, 1.165) is 10.2 Å². The molecule has 2 heterocycles. The van der Waals surface area contributed by atoms with Crippen molar-refractivity contribution in [1.82, 2.24) is 4.98 Å². The number of benzene rings is 1. The monoisotopic (exact) mass is 334 g/mol. The van der Waals surface area contributed by atoms with Gasteiger partial charge in [-0.2, -0.15) is 0 Å². The van der Waals surface area contributed by atoms with Gasteiger partial charge in [0.05, 0.1) is 10.2 Å². The number of fused-ring (bicyclic) bond motifs is 1. The predicted molar refractivity (Wildman–Crippen MR) is 89.5 cm³/mol. The van der Waals surface area contributed by atoms with Crippen LogP contribution in [0.4, 0.5) is 10.8 Å². The molecule has 3 rings (SSSR count). The fourth-order valence-corrected chi connectivity index (χ4v) is 3.38. The molecule has 122 valence electrons. The lowest BCUT2D eigenvalue weighted by molar-refractivity contribution is -0.124. The molecule has 1 saturated heterocycles. The fourth-order valence-electron chi connectivity index (χ4n) is 2.42. The van der Waals surface area contributed by atoms with Crippen LogP contribution in [-0.2, 0) is 14.3 Å². The molecule has 8 heteroatoms. The second-order valence-corrected chi connectivity index (χ2v) is 6.64. The number of amides is 2. The van der Waals surface area contributed by atoms with Crippen LogP contribution in [0.15, 0.2) is 18.2 Å². The normalized spacial score (nSPS) is 17.0. The molecule has 0 unspecified atom stereocenters. The maximum atomic E-state index is 12.4. The Bertz CT molecular complexity index is 752. The van der Waals surface area contributed by atoms with Crippen molar-refractivity contribution >= 4 is 44.2 Å². The van der Waals surface area contributed by atoms with Gasteiger partial charge in [-0.25, -0.2) is 4.98 Å². The van der Waals surface area contributed by atoms with Gasteiger partial charge in [0.1, 0.15) is 5.54 Å². The highest BCUT2D eigenvalue weighted by Gasteiger charge is 2.35. The van der Waals surface area contributed by atoms with Crippen LogP contribution in [-0.4, -0.2) is 35.6 Å². The topological polar surface area (TPSA) is 106 Å². The first-order valence-corrected chi connectivity index (χ1v) is 8.14. The summed E-state index contributed by atoms with van der Waals surface area (Å²) in [5.41, 5.74) is 6.72. The highest BCUT2D eigenvalue weighted by atomic mass is 32.1. The standard InChI is InChI=1S/C15H18N4O3S/c1-9(20)17-14-19-11-3-2-10(8-12(11)23-14)18-13(21)15(16)4-6-22-7-5-15/h2-3,8H,4-7,16H2,1H3,(H,18,21)(H,17,19,20). The van der Waals surface area contributed by atoms with Gasteiger partial charge in [-0.05, 0) is 31.0 Å². The minimum Gasteiger partial charge on any atom is -0.381 e. The van der Waals surface area contributed by atoms with Crippen LogP contribution in [0.2, 0.25) is 0 Å². The average molecular weight is 334 g/mol. The van der Waals surface area contributed by atoms with Gasteiger partial charge in [-0.1, -0.05) is 11.3 Å². The molecule has 1 aromatic heterocycles. The lowest BCUT2D eigenvalue weighted by atomic mass is 9.90. The van der Waals surface area contributed by atoms with Crippen LogP contribution in [0.25, 0.3) is 10.2 Å². The molecule has 1 aliphatic rings. The van der Waals surface area contributed by atoms with E-state index in [1.165, 1.54) is 18.3 Å². The number of nitrogens with zero attached hydrogens (tertiary/aromatic N) is 1. The molecule has 0 radical (unpaired) electrons. The number of carbonyl (C=O) groups is 2. The van der Waals surface area contributed by atoms with Crippen LogP contribution in [0, 0.1) is 0 Å². The van der Waals surface area contributed by atoms with E-state index in [1.807, 2.05) is 6.07 Å². The summed E-state index contributed by atoms with van der Waals surface area (Å²) in [6.07, 6.45) is 1.02. The first-order valence-electron chi connectivity index (χ1n) is 7.32. The number of anilines is 2. The quantitative estimate of drug-likeness (QED) is 0.792. The number of thiazole rings is 1. The van der Waals surface area contributed by atoms with Gasteiger partial charge in [0.25, 0.3) is 0 Å². The Labute approximate surface area is 137 Å². The van der Waals surface area contributed by atoms with E-state index in [0.29, 0.717) is 36.9 Å². The molecule has 1 aromatic carbocycles. The second-order valence-electron chi connectivity index (χ2n) is 5.61. The van der Waals surface area contributed by atoms with E-state index in [1.54, 1.807) is 12.1 Å². The van der Waals surface area contributed by atoms with Crippen molar-refractivity contribution in [1.29, 1.82) is 0 Å². The van der Waals surface area contributed by atoms with Crippen LogP contribution < -0.4 is 16.4 Å². The summed E-state index contributed by atoms with van der Waals surface area (Å²) in [7, 11) is 0. The number of nitrogens with one attached hydrogen (secondary N) is 2. The summed E-state index contributed by atoms with van der Waals surface area (Å²) >= 11 is 1.36. The zero-order valence-corrected chi connectivity index (χ0v) is 13.5. The number of hydrogen-bond donors (Lipinski definition) is 3. The molecule has 2 aromatic rings. The molecule has 7 nitrogen and oxygen atoms in total. The molecule has 1 aliphatic heterocycles. The van der Waals surface area contributed by atoms with E-state index in [-0.39, 0.29) is 11.8 Å². The lowest BCUT2D eigenvalue weighted by Gasteiger charge is -2.31. The Morgan fingerprint density at radius 2 is 2.04 bits per heavy atom. The third-order valence-corrected chi connectivity index (χ3v) is 4.70. The van der Waals surface area contributed by atoms with Gasteiger partial charge in [-0.3, -0.25) is 9.59 Å². The van der Waals surface area contributed by atoms with Crippen molar-refractivity contribution in [3.8, 4) is 0 Å². The van der Waals surface area contributed by atoms with Gasteiger partial charge in [0.2, 0.25) is 11.8 Å². The molecule has 23 heavy (non-hydrogen) atoms. The van der Waals surface area contributed by atoms with Crippen LogP contribution in [0.5, 0.6) is 0 Å². The van der Waals surface area contributed by atoms with Crippen LogP contribution in [0.3, 0.4) is 0 Å². The summed E-state index contributed by atoms with van der Waals surface area (Å²) in [6.45, 7) is 2.43. The largest absolute Gasteiger partial charge is 0.381 e. The molecule has 2 amide bonds. The maximum Gasteiger partial charge on any atom is 0.244 e. The first kappa shape index (κ1) is 15.9. The molecule has 4 N–H and O–H groups in total. The minimum absolute atomic E-state index is 0.165. The molecule has 1 fully saturated rings. The molecule has 0 saturated carbocycles. The number of carbonyl (C=O) groups excluding carboxylic acids is 2. The Hall–Kier alpha value is -2.03. The van der Waals surface area contributed by atoms with Crippen molar-refractivity contribution in [2.45, 2.75) is 25.3 Å². The molecular formula is C15H18N4O3S. The van der Waals surface area contributed by atoms with E-state index >= 15 is 0 Å². The lowest BCUT2D eigenvalue weighted by Crippen LogP contribution is -2.54. The van der Waals surface area contributed by atoms with Crippen molar-refractivity contribution in [3.05, 3.63) is 18.2 Å². The number of hydrogen-bond acceptors (Lipinski definition) is 6. The van der Waals surface area contributed by atoms with Crippen molar-refractivity contribution in [2.24, 2.45) is 5.73 Å². The summed E-state index contributed by atoms with van der Waals surface area (Å²) in [6, 6.07) is 5.42. The maximum absolute atomic E-state index is 12.4. The van der Waals surface area contributed by atoms with Crippen molar-refractivity contribution in [2.75, 3.05) is 23.8 Å². The Kier molecular flexibility index (Phi) is 4.29. The van der Waals surface area contributed by atoms with E-state index in [9.17, 15) is 9.59 Å². The Morgan fingerprint density at radius 3 is 2.74 bits per heavy atom. The second kappa shape index (κ2) is 6.23. The van der Waals surface area contributed by atoms with Gasteiger partial charge >= 0.3 is 0 Å². The van der Waals surface area contributed by atoms with Gasteiger partial charge < -0.3 is 21.1 Å². The summed E-state index contributed by atoms with van der Waals surface area (Å²) in [5, 5.41) is 6.06. The molecule has 0 spiro atoms. The van der Waals surface area contributed by atoms with Crippen molar-refractivity contribution < 1.29 is 14.3 Å². The molecular weight excluding hydrogens is 316 g/mol. The van der Waals surface area contributed by atoms with E-state index in [2.05, 4.69) is 15.6 Å². The number of nitrogens with two attached hydrogens (primary N) is 1. The third-order valence-electron chi connectivity index (χ3n) is 3.77. The molecule has 0 bridgehead atoms. The zero-order valence-electron chi connectivity index (χ0n) is 12.7. The number of aromatic nitrogens is 1. The smallest absolute Gasteiger partial charge is 0.244 e. The highest BCUT2D eigenvalue weighted by molar-refractivity contribution is 7.22. The SMILES string of the molecule is CC(=O)Nc1nc2ccc(NC(=O)C3(N)CCOCC3)cc2s1. The van der Waals surface area contributed by atoms with Crippen LogP contribution >= 0.6 is 11.3 Å². The van der Waals surface area contributed by atoms with Gasteiger partial charge in [0, 0.05) is 25.8 Å². The third kappa shape index (κ3) is 3.49. The van der Waals surface area contributed by atoms with Crippen LogP contribution in [0.1, 0.15) is 19.8 Å². The first-order chi connectivity index (χ1) is 11.0.